The van der Waals surface area contributed by atoms with Crippen molar-refractivity contribution in [2.24, 2.45) is 0 Å². The minimum atomic E-state index is -0.147. The predicted molar refractivity (Wildman–Crippen MR) is 222 cm³/mol. The van der Waals surface area contributed by atoms with Crippen LogP contribution in [-0.4, -0.2) is 31.1 Å². The summed E-state index contributed by atoms with van der Waals surface area (Å²) in [6, 6.07) is 41.4. The second-order valence-corrected chi connectivity index (χ2v) is 15.4. The van der Waals surface area contributed by atoms with Gasteiger partial charge in [0.1, 0.15) is 18.0 Å². The van der Waals surface area contributed by atoms with Crippen LogP contribution in [0.25, 0.3) is 55.1 Å². The zero-order valence-corrected chi connectivity index (χ0v) is 34.2. The second-order valence-electron chi connectivity index (χ2n) is 15.4. The molecule has 8 nitrogen and oxygen atoms in total. The molecule has 10 rings (SSSR count). The summed E-state index contributed by atoms with van der Waals surface area (Å²) in [4.78, 5) is 17.9. The van der Waals surface area contributed by atoms with Crippen LogP contribution in [0.4, 0.5) is 17.2 Å². The standard InChI is InChI=1S/C47H38N7O.Pt/c1-29-11-9-14-38-39-15-10-12-30(2)45(39)53(44(29)38)32-19-20-49-43(24-32)54-40-16-8-7-13-36(40)37-18-17-34(25-41(37)54)55-35-22-31(47(3,4)5)21-33(23-35)52-28-51(6)42-26-48-27-50-46(42)52;/h7-22,24,26-28H,1-6H3;/q-3;. The fraction of sp³-hybridized carbons (Fsp3) is 0.149. The molecule has 9 aromatic rings. The van der Waals surface area contributed by atoms with E-state index >= 15 is 0 Å². The number of hydrogen-bond acceptors (Lipinski definition) is 6. The molecule has 1 aliphatic rings. The quantitative estimate of drug-likeness (QED) is 0.160. The topological polar surface area (TPSA) is 64.2 Å². The number of benzene rings is 5. The van der Waals surface area contributed by atoms with Crippen LogP contribution in [0.3, 0.4) is 0 Å². The molecular weight excluding hydrogens is 874 g/mol. The summed E-state index contributed by atoms with van der Waals surface area (Å²) >= 11 is 0. The van der Waals surface area contributed by atoms with Gasteiger partial charge in [0.2, 0.25) is 0 Å². The first kappa shape index (κ1) is 35.7. The first-order valence-electron chi connectivity index (χ1n) is 18.5. The van der Waals surface area contributed by atoms with Crippen molar-refractivity contribution >= 4 is 60.8 Å². The van der Waals surface area contributed by atoms with Gasteiger partial charge >= 0.3 is 0 Å². The third-order valence-electron chi connectivity index (χ3n) is 10.7. The van der Waals surface area contributed by atoms with Crippen LogP contribution in [0.2, 0.25) is 0 Å². The summed E-state index contributed by atoms with van der Waals surface area (Å²) in [6.45, 7) is 13.0. The summed E-state index contributed by atoms with van der Waals surface area (Å²) < 4.78 is 11.3. The van der Waals surface area contributed by atoms with Crippen molar-refractivity contribution in [3.05, 3.63) is 151 Å². The molecule has 0 bridgehead atoms. The van der Waals surface area contributed by atoms with Gasteiger partial charge in [0.05, 0.1) is 28.6 Å². The molecule has 0 amide bonds. The Hall–Kier alpha value is -5.98. The third kappa shape index (κ3) is 5.65. The van der Waals surface area contributed by atoms with Crippen molar-refractivity contribution < 1.29 is 25.8 Å². The zero-order valence-electron chi connectivity index (χ0n) is 31.9. The summed E-state index contributed by atoms with van der Waals surface area (Å²) in [5.74, 6) is 2.77. The van der Waals surface area contributed by atoms with Gasteiger partial charge in [-0.1, -0.05) is 86.6 Å². The molecule has 0 saturated heterocycles. The maximum Gasteiger partial charge on any atom is 0.137 e. The molecule has 0 saturated carbocycles. The maximum absolute atomic E-state index is 6.69. The molecule has 5 heterocycles. The Morgan fingerprint density at radius 2 is 1.45 bits per heavy atom. The van der Waals surface area contributed by atoms with Crippen molar-refractivity contribution in [1.82, 2.24) is 24.1 Å². The second kappa shape index (κ2) is 13.3. The summed E-state index contributed by atoms with van der Waals surface area (Å²) in [5, 5.41) is 4.67. The first-order valence-corrected chi connectivity index (χ1v) is 18.5. The third-order valence-corrected chi connectivity index (χ3v) is 10.7. The Morgan fingerprint density at radius 1 is 0.714 bits per heavy atom. The molecule has 1 aliphatic heterocycles. The van der Waals surface area contributed by atoms with Gasteiger partial charge in [0, 0.05) is 61.1 Å². The van der Waals surface area contributed by atoms with Gasteiger partial charge in [-0.2, -0.15) is 12.7 Å². The Morgan fingerprint density at radius 3 is 2.20 bits per heavy atom. The average molecular weight is 912 g/mol. The van der Waals surface area contributed by atoms with Gasteiger partial charge in [-0.25, -0.2) is 15.0 Å². The first-order chi connectivity index (χ1) is 26.6. The number of pyridine rings is 1. The maximum atomic E-state index is 6.69. The summed E-state index contributed by atoms with van der Waals surface area (Å²) in [7, 11) is 1.99. The Kier molecular flexibility index (Phi) is 8.51. The van der Waals surface area contributed by atoms with E-state index in [9.17, 15) is 0 Å². The monoisotopic (exact) mass is 911 g/mol. The van der Waals surface area contributed by atoms with Crippen molar-refractivity contribution in [2.45, 2.75) is 40.0 Å². The molecule has 0 unspecified atom stereocenters. The van der Waals surface area contributed by atoms with Gasteiger partial charge in [-0.3, -0.25) is 0 Å². The van der Waals surface area contributed by atoms with E-state index in [1.54, 1.807) is 6.33 Å². The smallest absolute Gasteiger partial charge is 0.137 e. The number of hydrogen-bond donors (Lipinski definition) is 0. The number of fused-ring (bicyclic) bond motifs is 7. The number of aryl methyl sites for hydroxylation is 2. The fourth-order valence-corrected chi connectivity index (χ4v) is 8.04. The van der Waals surface area contributed by atoms with Crippen LogP contribution in [0.1, 0.15) is 37.5 Å². The predicted octanol–water partition coefficient (Wildman–Crippen LogP) is 11.1. The van der Waals surface area contributed by atoms with Crippen LogP contribution >= 0.6 is 0 Å². The fourth-order valence-electron chi connectivity index (χ4n) is 8.04. The van der Waals surface area contributed by atoms with Gasteiger partial charge in [0.15, 0.2) is 0 Å². The molecule has 0 aliphatic carbocycles. The number of anilines is 3. The van der Waals surface area contributed by atoms with Crippen molar-refractivity contribution in [3.63, 3.8) is 0 Å². The van der Waals surface area contributed by atoms with Crippen LogP contribution in [0.15, 0.2) is 116 Å². The van der Waals surface area contributed by atoms with E-state index in [2.05, 4.69) is 157 Å². The number of nitrogens with zero attached hydrogens (tertiary/aromatic N) is 7. The Labute approximate surface area is 340 Å². The molecular formula is C47H38N7OPt-3. The van der Waals surface area contributed by atoms with Crippen LogP contribution in [0.5, 0.6) is 11.5 Å². The number of ether oxygens (including phenoxy) is 1. The summed E-state index contributed by atoms with van der Waals surface area (Å²) in [6.07, 6.45) is 5.30. The van der Waals surface area contributed by atoms with Gasteiger partial charge < -0.3 is 23.7 Å². The summed E-state index contributed by atoms with van der Waals surface area (Å²) in [5.41, 5.74) is 10.5. The van der Waals surface area contributed by atoms with E-state index in [0.29, 0.717) is 11.5 Å². The molecule has 9 heteroatoms. The van der Waals surface area contributed by atoms with E-state index in [-0.39, 0.29) is 26.5 Å². The molecule has 4 aromatic heterocycles. The molecule has 0 spiro atoms. The molecule has 5 aromatic carbocycles. The number of para-hydroxylation sites is 3. The average Bonchev–Trinajstić information content (AvgIpc) is 3.83. The molecule has 280 valence electrons. The van der Waals surface area contributed by atoms with Crippen molar-refractivity contribution in [2.75, 3.05) is 16.8 Å². The Bertz CT molecular complexity index is 2930. The van der Waals surface area contributed by atoms with Gasteiger partial charge in [-0.05, 0) is 55.0 Å². The van der Waals surface area contributed by atoms with Crippen LogP contribution < -0.4 is 14.5 Å². The number of aromatic nitrogens is 5. The van der Waals surface area contributed by atoms with E-state index in [4.69, 9.17) is 9.72 Å². The van der Waals surface area contributed by atoms with Gasteiger partial charge in [0.25, 0.3) is 0 Å². The minimum Gasteiger partial charge on any atom is -0.509 e. The van der Waals surface area contributed by atoms with E-state index in [1.807, 2.05) is 42.0 Å². The largest absolute Gasteiger partial charge is 0.509 e. The van der Waals surface area contributed by atoms with E-state index in [1.165, 1.54) is 32.9 Å². The molecule has 0 atom stereocenters. The minimum absolute atomic E-state index is 0. The molecule has 0 radical (unpaired) electrons. The normalized spacial score (nSPS) is 12.9. The van der Waals surface area contributed by atoms with Crippen molar-refractivity contribution in [1.29, 1.82) is 0 Å². The SMILES string of the molecule is Cc1cccc2c3cccc(C)c3n(-c3ccnc(-n4c5[c-]c(Oc6[c-]c(N7[CH-]N(C)c8cncnc87)cc(C(C)(C)C)c6)ccc5c5ccccc54)c3)c12.[Pt]. The van der Waals surface area contributed by atoms with E-state index < -0.39 is 0 Å². The molecule has 0 fully saturated rings. The van der Waals surface area contributed by atoms with Crippen molar-refractivity contribution in [3.8, 4) is 23.0 Å². The van der Waals surface area contributed by atoms with Crippen LogP contribution in [-0.2, 0) is 26.5 Å². The molecule has 56 heavy (non-hydrogen) atoms. The molecule has 0 N–H and O–H groups in total. The van der Waals surface area contributed by atoms with Gasteiger partial charge in [-0.15, -0.1) is 41.3 Å². The van der Waals surface area contributed by atoms with Crippen LogP contribution in [0, 0.1) is 32.6 Å². The number of rotatable bonds is 5. The zero-order chi connectivity index (χ0) is 37.6. The Balaban J connectivity index is 0.00000410. The van der Waals surface area contributed by atoms with E-state index in [0.717, 1.165) is 56.1 Å².